The fraction of sp³-hybridized carbons (Fsp3) is 0.467. The van der Waals surface area contributed by atoms with Crippen LogP contribution in [0.4, 0.5) is 0 Å². The lowest BCUT2D eigenvalue weighted by molar-refractivity contribution is 0.439. The molecule has 0 aliphatic carbocycles. The van der Waals surface area contributed by atoms with Crippen molar-refractivity contribution in [3.63, 3.8) is 0 Å². The average Bonchev–Trinajstić information content (AvgIpc) is 2.89. The van der Waals surface area contributed by atoms with Gasteiger partial charge in [-0.05, 0) is 18.1 Å². The predicted octanol–water partition coefficient (Wildman–Crippen LogP) is 2.73. The SMILES string of the molecule is CCC(N)C(c1cccnc1)n1ccnc1C(C)C. The highest BCUT2D eigenvalue weighted by atomic mass is 15.1. The Balaban J connectivity index is 2.47. The summed E-state index contributed by atoms with van der Waals surface area (Å²) in [4.78, 5) is 8.68. The first-order valence-corrected chi connectivity index (χ1v) is 6.83. The molecule has 2 unspecified atom stereocenters. The highest BCUT2D eigenvalue weighted by molar-refractivity contribution is 5.19. The van der Waals surface area contributed by atoms with E-state index in [-0.39, 0.29) is 12.1 Å². The summed E-state index contributed by atoms with van der Waals surface area (Å²) in [7, 11) is 0. The first kappa shape index (κ1) is 13.7. The van der Waals surface area contributed by atoms with Crippen molar-refractivity contribution in [1.29, 1.82) is 0 Å². The van der Waals surface area contributed by atoms with E-state index in [9.17, 15) is 0 Å². The molecule has 0 saturated heterocycles. The summed E-state index contributed by atoms with van der Waals surface area (Å²) in [6.45, 7) is 6.41. The lowest BCUT2D eigenvalue weighted by Gasteiger charge is -2.27. The molecule has 2 aromatic rings. The Morgan fingerprint density at radius 1 is 1.32 bits per heavy atom. The Kier molecular flexibility index (Phi) is 4.32. The molecule has 2 aromatic heterocycles. The highest BCUT2D eigenvalue weighted by Gasteiger charge is 2.23. The van der Waals surface area contributed by atoms with Crippen LogP contribution in [-0.2, 0) is 0 Å². The fourth-order valence-corrected chi connectivity index (χ4v) is 2.40. The lowest BCUT2D eigenvalue weighted by atomic mass is 9.98. The smallest absolute Gasteiger partial charge is 0.111 e. The Bertz CT molecular complexity index is 504. The van der Waals surface area contributed by atoms with Crippen LogP contribution in [0.25, 0.3) is 0 Å². The van der Waals surface area contributed by atoms with Crippen LogP contribution in [0.5, 0.6) is 0 Å². The van der Waals surface area contributed by atoms with Crippen LogP contribution in [0.2, 0.25) is 0 Å². The molecular formula is C15H22N4. The van der Waals surface area contributed by atoms with Gasteiger partial charge in [-0.1, -0.05) is 26.8 Å². The zero-order valence-electron chi connectivity index (χ0n) is 11.8. The maximum Gasteiger partial charge on any atom is 0.111 e. The standard InChI is InChI=1S/C15H22N4/c1-4-13(16)14(12-6-5-7-17-10-12)19-9-8-18-15(19)11(2)3/h5-11,13-14H,4,16H2,1-3H3. The van der Waals surface area contributed by atoms with E-state index in [1.807, 2.05) is 24.7 Å². The summed E-state index contributed by atoms with van der Waals surface area (Å²) in [5, 5.41) is 0. The Hall–Kier alpha value is -1.68. The van der Waals surface area contributed by atoms with Gasteiger partial charge in [-0.25, -0.2) is 4.98 Å². The van der Waals surface area contributed by atoms with E-state index in [1.54, 1.807) is 6.20 Å². The minimum absolute atomic E-state index is 0.0518. The van der Waals surface area contributed by atoms with Crippen LogP contribution in [0.15, 0.2) is 36.9 Å². The van der Waals surface area contributed by atoms with Gasteiger partial charge in [-0.3, -0.25) is 4.98 Å². The molecule has 0 spiro atoms. The molecule has 0 aliphatic rings. The van der Waals surface area contributed by atoms with Crippen molar-refractivity contribution in [2.75, 3.05) is 0 Å². The molecule has 0 amide bonds. The van der Waals surface area contributed by atoms with Crippen LogP contribution in [0.1, 0.15) is 50.5 Å². The second kappa shape index (κ2) is 5.97. The zero-order chi connectivity index (χ0) is 13.8. The molecule has 2 atom stereocenters. The van der Waals surface area contributed by atoms with E-state index >= 15 is 0 Å². The summed E-state index contributed by atoms with van der Waals surface area (Å²) in [6, 6.07) is 4.18. The van der Waals surface area contributed by atoms with Gasteiger partial charge in [-0.2, -0.15) is 0 Å². The summed E-state index contributed by atoms with van der Waals surface area (Å²) >= 11 is 0. The van der Waals surface area contributed by atoms with Crippen molar-refractivity contribution in [1.82, 2.24) is 14.5 Å². The van der Waals surface area contributed by atoms with Crippen LogP contribution in [0, 0.1) is 0 Å². The molecule has 0 aliphatic heterocycles. The molecule has 2 rings (SSSR count). The maximum atomic E-state index is 6.33. The van der Waals surface area contributed by atoms with Gasteiger partial charge in [0.15, 0.2) is 0 Å². The number of aromatic nitrogens is 3. The molecule has 0 radical (unpaired) electrons. The quantitative estimate of drug-likeness (QED) is 0.897. The van der Waals surface area contributed by atoms with E-state index < -0.39 is 0 Å². The number of hydrogen-bond acceptors (Lipinski definition) is 3. The number of rotatable bonds is 5. The van der Waals surface area contributed by atoms with Gasteiger partial charge in [0.05, 0.1) is 6.04 Å². The number of pyridine rings is 1. The van der Waals surface area contributed by atoms with Gasteiger partial charge in [0.25, 0.3) is 0 Å². The van der Waals surface area contributed by atoms with Crippen molar-refractivity contribution >= 4 is 0 Å². The van der Waals surface area contributed by atoms with Gasteiger partial charge in [0.2, 0.25) is 0 Å². The summed E-state index contributed by atoms with van der Waals surface area (Å²) in [5.74, 6) is 1.44. The average molecular weight is 258 g/mol. The molecular weight excluding hydrogens is 236 g/mol. The number of hydrogen-bond donors (Lipinski definition) is 1. The Morgan fingerprint density at radius 3 is 2.68 bits per heavy atom. The monoisotopic (exact) mass is 258 g/mol. The van der Waals surface area contributed by atoms with Gasteiger partial charge >= 0.3 is 0 Å². The lowest BCUT2D eigenvalue weighted by Crippen LogP contribution is -2.33. The van der Waals surface area contributed by atoms with Gasteiger partial charge in [0, 0.05) is 36.7 Å². The Morgan fingerprint density at radius 2 is 2.11 bits per heavy atom. The number of nitrogens with two attached hydrogens (primary N) is 1. The minimum atomic E-state index is 0.0518. The van der Waals surface area contributed by atoms with Crippen LogP contribution >= 0.6 is 0 Å². The highest BCUT2D eigenvalue weighted by Crippen LogP contribution is 2.26. The van der Waals surface area contributed by atoms with Gasteiger partial charge < -0.3 is 10.3 Å². The molecule has 4 heteroatoms. The summed E-state index contributed by atoms with van der Waals surface area (Å²) in [5.41, 5.74) is 7.47. The molecule has 2 N–H and O–H groups in total. The van der Waals surface area contributed by atoms with Crippen molar-refractivity contribution < 1.29 is 0 Å². The number of nitrogens with zero attached hydrogens (tertiary/aromatic N) is 3. The fourth-order valence-electron chi connectivity index (χ4n) is 2.40. The van der Waals surface area contributed by atoms with Crippen molar-refractivity contribution in [3.05, 3.63) is 48.3 Å². The van der Waals surface area contributed by atoms with Crippen LogP contribution < -0.4 is 5.73 Å². The van der Waals surface area contributed by atoms with Crippen LogP contribution in [-0.4, -0.2) is 20.6 Å². The van der Waals surface area contributed by atoms with E-state index in [1.165, 1.54) is 0 Å². The molecule has 19 heavy (non-hydrogen) atoms. The Labute approximate surface area is 114 Å². The van der Waals surface area contributed by atoms with Gasteiger partial charge in [-0.15, -0.1) is 0 Å². The largest absolute Gasteiger partial charge is 0.326 e. The van der Waals surface area contributed by atoms with Crippen molar-refractivity contribution in [2.45, 2.75) is 45.2 Å². The number of imidazole rings is 1. The second-order valence-corrected chi connectivity index (χ2v) is 5.15. The van der Waals surface area contributed by atoms with Crippen molar-refractivity contribution in [2.24, 2.45) is 5.73 Å². The maximum absolute atomic E-state index is 6.33. The molecule has 0 fully saturated rings. The van der Waals surface area contributed by atoms with E-state index in [4.69, 9.17) is 5.73 Å². The predicted molar refractivity (Wildman–Crippen MR) is 77.0 cm³/mol. The molecule has 0 bridgehead atoms. The third kappa shape index (κ3) is 2.84. The van der Waals surface area contributed by atoms with Gasteiger partial charge in [0.1, 0.15) is 5.82 Å². The molecule has 102 valence electrons. The van der Waals surface area contributed by atoms with E-state index in [0.717, 1.165) is 17.8 Å². The molecule has 4 nitrogen and oxygen atoms in total. The summed E-state index contributed by atoms with van der Waals surface area (Å²) < 4.78 is 2.19. The van der Waals surface area contributed by atoms with E-state index in [0.29, 0.717) is 5.92 Å². The second-order valence-electron chi connectivity index (χ2n) is 5.15. The molecule has 2 heterocycles. The van der Waals surface area contributed by atoms with Crippen LogP contribution in [0.3, 0.4) is 0 Å². The zero-order valence-corrected chi connectivity index (χ0v) is 11.8. The summed E-state index contributed by atoms with van der Waals surface area (Å²) in [6.07, 6.45) is 8.46. The van der Waals surface area contributed by atoms with E-state index in [2.05, 4.69) is 41.4 Å². The first-order valence-electron chi connectivity index (χ1n) is 6.83. The molecule has 0 aromatic carbocycles. The topological polar surface area (TPSA) is 56.7 Å². The minimum Gasteiger partial charge on any atom is -0.326 e. The first-order chi connectivity index (χ1) is 9.15. The normalized spacial score (nSPS) is 14.6. The molecule has 0 saturated carbocycles. The third-order valence-corrected chi connectivity index (χ3v) is 3.42. The third-order valence-electron chi connectivity index (χ3n) is 3.42. The van der Waals surface area contributed by atoms with Crippen molar-refractivity contribution in [3.8, 4) is 0 Å².